The Morgan fingerprint density at radius 1 is 1.33 bits per heavy atom. The summed E-state index contributed by atoms with van der Waals surface area (Å²) in [6, 6.07) is 0.455. The third-order valence-electron chi connectivity index (χ3n) is 5.35. The second kappa shape index (κ2) is 5.89. The van der Waals surface area contributed by atoms with E-state index in [-0.39, 0.29) is 5.54 Å². The standard InChI is InChI=1S/C15H30N2O/c1-12(10-18-3)17(2)15(11-16)8-4-5-14(9-15)13-6-7-13/h12-14H,4-11,16H2,1-3H3. The maximum Gasteiger partial charge on any atom is 0.0615 e. The van der Waals surface area contributed by atoms with E-state index in [1.807, 2.05) is 0 Å². The molecule has 2 saturated carbocycles. The summed E-state index contributed by atoms with van der Waals surface area (Å²) in [5.74, 6) is 1.95. The van der Waals surface area contributed by atoms with Crippen LogP contribution in [0.4, 0.5) is 0 Å². The van der Waals surface area contributed by atoms with Gasteiger partial charge in [0.25, 0.3) is 0 Å². The Kier molecular flexibility index (Phi) is 4.68. The van der Waals surface area contributed by atoms with Gasteiger partial charge in [-0.25, -0.2) is 0 Å². The first-order chi connectivity index (χ1) is 8.63. The zero-order chi connectivity index (χ0) is 13.2. The van der Waals surface area contributed by atoms with Gasteiger partial charge in [0, 0.05) is 25.2 Å². The van der Waals surface area contributed by atoms with E-state index in [2.05, 4.69) is 18.9 Å². The maximum atomic E-state index is 6.17. The molecule has 2 aliphatic carbocycles. The van der Waals surface area contributed by atoms with Gasteiger partial charge in [-0.2, -0.15) is 0 Å². The molecule has 0 bridgehead atoms. The molecule has 2 rings (SSSR count). The molecule has 3 heteroatoms. The predicted octanol–water partition coefficient (Wildman–Crippen LogP) is 2.25. The largest absolute Gasteiger partial charge is 0.383 e. The molecule has 3 nitrogen and oxygen atoms in total. The molecule has 0 amide bonds. The highest BCUT2D eigenvalue weighted by atomic mass is 16.5. The Balaban J connectivity index is 2.03. The Morgan fingerprint density at radius 2 is 2.06 bits per heavy atom. The molecule has 0 aromatic rings. The average molecular weight is 254 g/mol. The highest BCUT2D eigenvalue weighted by Crippen LogP contribution is 2.47. The van der Waals surface area contributed by atoms with Gasteiger partial charge in [0.1, 0.15) is 0 Å². The number of nitrogens with zero attached hydrogens (tertiary/aromatic N) is 1. The van der Waals surface area contributed by atoms with Crippen LogP contribution < -0.4 is 5.73 Å². The van der Waals surface area contributed by atoms with Crippen LogP contribution in [0.3, 0.4) is 0 Å². The van der Waals surface area contributed by atoms with Crippen molar-refractivity contribution in [3.63, 3.8) is 0 Å². The van der Waals surface area contributed by atoms with E-state index < -0.39 is 0 Å². The van der Waals surface area contributed by atoms with Crippen molar-refractivity contribution >= 4 is 0 Å². The van der Waals surface area contributed by atoms with Gasteiger partial charge in [-0.05, 0) is 51.5 Å². The average Bonchev–Trinajstić information content (AvgIpc) is 3.22. The van der Waals surface area contributed by atoms with Gasteiger partial charge in [-0.1, -0.05) is 12.8 Å². The summed E-state index contributed by atoms with van der Waals surface area (Å²) in [5, 5.41) is 0. The van der Waals surface area contributed by atoms with Crippen LogP contribution in [0, 0.1) is 11.8 Å². The quantitative estimate of drug-likeness (QED) is 0.790. The number of ether oxygens (including phenoxy) is 1. The molecule has 18 heavy (non-hydrogen) atoms. The van der Waals surface area contributed by atoms with Crippen LogP contribution in [-0.2, 0) is 4.74 Å². The van der Waals surface area contributed by atoms with Crippen LogP contribution in [0.1, 0.15) is 45.4 Å². The van der Waals surface area contributed by atoms with Crippen molar-refractivity contribution in [1.82, 2.24) is 4.90 Å². The van der Waals surface area contributed by atoms with Crippen molar-refractivity contribution in [2.75, 3.05) is 27.3 Å². The number of methoxy groups -OCH3 is 1. The summed E-state index contributed by atoms with van der Waals surface area (Å²) in [6.07, 6.45) is 8.27. The summed E-state index contributed by atoms with van der Waals surface area (Å²) in [7, 11) is 4.03. The molecule has 106 valence electrons. The van der Waals surface area contributed by atoms with E-state index >= 15 is 0 Å². The lowest BCUT2D eigenvalue weighted by atomic mass is 9.72. The van der Waals surface area contributed by atoms with Crippen LogP contribution >= 0.6 is 0 Å². The monoisotopic (exact) mass is 254 g/mol. The van der Waals surface area contributed by atoms with Crippen LogP contribution in [0.15, 0.2) is 0 Å². The summed E-state index contributed by atoms with van der Waals surface area (Å²) in [5.41, 5.74) is 6.40. The normalized spacial score (nSPS) is 34.8. The van der Waals surface area contributed by atoms with Crippen molar-refractivity contribution in [3.05, 3.63) is 0 Å². The minimum atomic E-state index is 0.226. The summed E-state index contributed by atoms with van der Waals surface area (Å²) < 4.78 is 5.31. The van der Waals surface area contributed by atoms with Crippen molar-refractivity contribution in [3.8, 4) is 0 Å². The minimum Gasteiger partial charge on any atom is -0.383 e. The number of hydrogen-bond acceptors (Lipinski definition) is 3. The van der Waals surface area contributed by atoms with E-state index in [0.29, 0.717) is 6.04 Å². The van der Waals surface area contributed by atoms with Gasteiger partial charge < -0.3 is 10.5 Å². The third kappa shape index (κ3) is 2.89. The first-order valence-electron chi connectivity index (χ1n) is 7.55. The van der Waals surface area contributed by atoms with Gasteiger partial charge >= 0.3 is 0 Å². The second-order valence-corrected chi connectivity index (χ2v) is 6.54. The van der Waals surface area contributed by atoms with Gasteiger partial charge in [0.2, 0.25) is 0 Å². The fourth-order valence-corrected chi connectivity index (χ4v) is 3.83. The van der Waals surface area contributed by atoms with Gasteiger partial charge in [0.05, 0.1) is 6.61 Å². The molecule has 0 radical (unpaired) electrons. The molecule has 0 spiro atoms. The molecular formula is C15H30N2O. The topological polar surface area (TPSA) is 38.5 Å². The Bertz CT molecular complexity index is 267. The molecule has 3 unspecified atom stereocenters. The molecule has 2 N–H and O–H groups in total. The lowest BCUT2D eigenvalue weighted by Gasteiger charge is -2.49. The zero-order valence-corrected chi connectivity index (χ0v) is 12.3. The smallest absolute Gasteiger partial charge is 0.0615 e. The summed E-state index contributed by atoms with van der Waals surface area (Å²) >= 11 is 0. The van der Waals surface area contributed by atoms with Crippen molar-refractivity contribution in [1.29, 1.82) is 0 Å². The first-order valence-corrected chi connectivity index (χ1v) is 7.55. The molecule has 3 atom stereocenters. The lowest BCUT2D eigenvalue weighted by molar-refractivity contribution is -0.000906. The second-order valence-electron chi connectivity index (χ2n) is 6.54. The molecule has 0 aromatic carbocycles. The molecule has 0 heterocycles. The molecule has 2 aliphatic rings. The molecule has 0 aromatic heterocycles. The van der Waals surface area contributed by atoms with E-state index in [4.69, 9.17) is 10.5 Å². The zero-order valence-electron chi connectivity index (χ0n) is 12.3. The van der Waals surface area contributed by atoms with Crippen LogP contribution in [0.5, 0.6) is 0 Å². The van der Waals surface area contributed by atoms with Crippen LogP contribution in [0.2, 0.25) is 0 Å². The molecule has 0 saturated heterocycles. The molecule has 2 fully saturated rings. The molecule has 0 aliphatic heterocycles. The van der Waals surface area contributed by atoms with Crippen LogP contribution in [-0.4, -0.2) is 43.8 Å². The Morgan fingerprint density at radius 3 is 2.61 bits per heavy atom. The first kappa shape index (κ1) is 14.3. The SMILES string of the molecule is COCC(C)N(C)C1(CN)CCCC(C2CC2)C1. The van der Waals surface area contributed by atoms with Gasteiger partial charge in [-0.3, -0.25) is 4.90 Å². The number of rotatable bonds is 6. The van der Waals surface area contributed by atoms with E-state index in [1.165, 1.54) is 38.5 Å². The predicted molar refractivity (Wildman–Crippen MR) is 75.6 cm³/mol. The maximum absolute atomic E-state index is 6.17. The van der Waals surface area contributed by atoms with E-state index in [9.17, 15) is 0 Å². The van der Waals surface area contributed by atoms with Crippen molar-refractivity contribution < 1.29 is 4.74 Å². The summed E-state index contributed by atoms with van der Waals surface area (Å²) in [4.78, 5) is 2.50. The number of nitrogens with two attached hydrogens (primary N) is 1. The van der Waals surface area contributed by atoms with Crippen molar-refractivity contribution in [2.24, 2.45) is 17.6 Å². The minimum absolute atomic E-state index is 0.226. The summed E-state index contributed by atoms with van der Waals surface area (Å²) in [6.45, 7) is 3.84. The lowest BCUT2D eigenvalue weighted by Crippen LogP contribution is -2.58. The highest BCUT2D eigenvalue weighted by molar-refractivity contribution is 5.00. The van der Waals surface area contributed by atoms with Crippen molar-refractivity contribution in [2.45, 2.75) is 57.0 Å². The Hall–Kier alpha value is -0.120. The third-order valence-corrected chi connectivity index (χ3v) is 5.35. The number of likely N-dealkylation sites (N-methyl/N-ethyl adjacent to an activating group) is 1. The van der Waals surface area contributed by atoms with E-state index in [0.717, 1.165) is 25.0 Å². The number of hydrogen-bond donors (Lipinski definition) is 1. The fourth-order valence-electron chi connectivity index (χ4n) is 3.83. The van der Waals surface area contributed by atoms with Gasteiger partial charge in [-0.15, -0.1) is 0 Å². The molecular weight excluding hydrogens is 224 g/mol. The fraction of sp³-hybridized carbons (Fsp3) is 1.00. The highest BCUT2D eigenvalue weighted by Gasteiger charge is 2.44. The van der Waals surface area contributed by atoms with Crippen LogP contribution in [0.25, 0.3) is 0 Å². The Labute approximate surface area is 112 Å². The van der Waals surface area contributed by atoms with Gasteiger partial charge in [0.15, 0.2) is 0 Å². The van der Waals surface area contributed by atoms with E-state index in [1.54, 1.807) is 7.11 Å².